The van der Waals surface area contributed by atoms with Crippen LogP contribution in [0.15, 0.2) is 36.9 Å². The Kier molecular flexibility index (Phi) is 4.09. The number of hydrogen-bond donors (Lipinski definition) is 1. The summed E-state index contributed by atoms with van der Waals surface area (Å²) in [5.74, 6) is -0.235. The van der Waals surface area contributed by atoms with Gasteiger partial charge < -0.3 is 10.0 Å². The van der Waals surface area contributed by atoms with Crippen molar-refractivity contribution in [2.24, 2.45) is 0 Å². The first-order valence-corrected chi connectivity index (χ1v) is 6.58. The maximum atomic E-state index is 12.7. The van der Waals surface area contributed by atoms with E-state index in [-0.39, 0.29) is 37.4 Å². The Balaban J connectivity index is 2.19. The first-order chi connectivity index (χ1) is 9.76. The largest absolute Gasteiger partial charge is 0.416 e. The summed E-state index contributed by atoms with van der Waals surface area (Å²) in [5.41, 5.74) is -1.87. The molecule has 1 aromatic carbocycles. The van der Waals surface area contributed by atoms with Gasteiger partial charge in [-0.1, -0.05) is 18.7 Å². The molecule has 6 heteroatoms. The van der Waals surface area contributed by atoms with Gasteiger partial charge in [0, 0.05) is 13.1 Å². The number of hydrogen-bond acceptors (Lipinski definition) is 2. The first-order valence-electron chi connectivity index (χ1n) is 6.58. The van der Waals surface area contributed by atoms with Gasteiger partial charge in [-0.2, -0.15) is 13.2 Å². The van der Waals surface area contributed by atoms with Gasteiger partial charge >= 0.3 is 6.18 Å². The Hall–Kier alpha value is -1.82. The van der Waals surface area contributed by atoms with E-state index in [1.165, 1.54) is 23.1 Å². The quantitative estimate of drug-likeness (QED) is 0.853. The molecule has 1 aromatic rings. The van der Waals surface area contributed by atoms with Crippen molar-refractivity contribution in [3.63, 3.8) is 0 Å². The van der Waals surface area contributed by atoms with Crippen molar-refractivity contribution in [3.05, 3.63) is 48.0 Å². The zero-order valence-electron chi connectivity index (χ0n) is 11.4. The van der Waals surface area contributed by atoms with Gasteiger partial charge in [-0.25, -0.2) is 0 Å². The average Bonchev–Trinajstić information content (AvgIpc) is 2.46. The zero-order chi connectivity index (χ0) is 15.7. The van der Waals surface area contributed by atoms with Crippen LogP contribution in [0.5, 0.6) is 0 Å². The van der Waals surface area contributed by atoms with Crippen LogP contribution in [-0.2, 0) is 16.6 Å². The van der Waals surface area contributed by atoms with E-state index < -0.39 is 17.3 Å². The standard InChI is InChI=1S/C15H16F3NO2/c1-2-13(20)19-8-6-14(21,7-9-19)11-4-3-5-12(10-11)15(16,17)18/h2-5,10,21H,1,6-9H2. The van der Waals surface area contributed by atoms with Gasteiger partial charge in [0.15, 0.2) is 0 Å². The minimum atomic E-state index is -4.44. The summed E-state index contributed by atoms with van der Waals surface area (Å²) in [4.78, 5) is 13.0. The van der Waals surface area contributed by atoms with Crippen LogP contribution in [0.3, 0.4) is 0 Å². The van der Waals surface area contributed by atoms with E-state index in [1.54, 1.807) is 0 Å². The van der Waals surface area contributed by atoms with Crippen LogP contribution >= 0.6 is 0 Å². The molecule has 1 amide bonds. The molecule has 0 saturated carbocycles. The molecule has 1 saturated heterocycles. The lowest BCUT2D eigenvalue weighted by atomic mass is 9.83. The fraction of sp³-hybridized carbons (Fsp3) is 0.400. The minimum absolute atomic E-state index is 0.202. The second-order valence-corrected chi connectivity index (χ2v) is 5.14. The van der Waals surface area contributed by atoms with Gasteiger partial charge in [-0.05, 0) is 36.6 Å². The number of carbonyl (C=O) groups excluding carboxylic acids is 1. The summed E-state index contributed by atoms with van der Waals surface area (Å²) < 4.78 is 38.2. The maximum absolute atomic E-state index is 12.7. The van der Waals surface area contributed by atoms with Crippen molar-refractivity contribution in [1.82, 2.24) is 4.90 Å². The van der Waals surface area contributed by atoms with E-state index in [2.05, 4.69) is 6.58 Å². The number of aliphatic hydroxyl groups is 1. The third kappa shape index (κ3) is 3.26. The lowest BCUT2D eigenvalue weighted by molar-refractivity contribution is -0.137. The van der Waals surface area contributed by atoms with Gasteiger partial charge in [0.1, 0.15) is 0 Å². The minimum Gasteiger partial charge on any atom is -0.385 e. The molecular formula is C15H16F3NO2. The Morgan fingerprint density at radius 2 is 1.95 bits per heavy atom. The highest BCUT2D eigenvalue weighted by Gasteiger charge is 2.37. The normalized spacial score (nSPS) is 18.4. The number of likely N-dealkylation sites (tertiary alicyclic amines) is 1. The molecule has 1 N–H and O–H groups in total. The molecule has 0 aromatic heterocycles. The molecule has 0 unspecified atom stereocenters. The second-order valence-electron chi connectivity index (χ2n) is 5.14. The molecule has 0 aliphatic carbocycles. The van der Waals surface area contributed by atoms with Crippen molar-refractivity contribution in [2.75, 3.05) is 13.1 Å². The number of halogens is 3. The molecule has 114 valence electrons. The number of amides is 1. The summed E-state index contributed by atoms with van der Waals surface area (Å²) in [6.07, 6.45) is -2.84. The van der Waals surface area contributed by atoms with Gasteiger partial charge in [0.2, 0.25) is 5.91 Å². The van der Waals surface area contributed by atoms with Gasteiger partial charge in [-0.15, -0.1) is 0 Å². The maximum Gasteiger partial charge on any atom is 0.416 e. The lowest BCUT2D eigenvalue weighted by Gasteiger charge is -2.38. The lowest BCUT2D eigenvalue weighted by Crippen LogP contribution is -2.44. The average molecular weight is 299 g/mol. The molecule has 0 radical (unpaired) electrons. The Morgan fingerprint density at radius 1 is 1.33 bits per heavy atom. The van der Waals surface area contributed by atoms with Crippen LogP contribution < -0.4 is 0 Å². The SMILES string of the molecule is C=CC(=O)N1CCC(O)(c2cccc(C(F)(F)F)c2)CC1. The Labute approximate surface area is 120 Å². The molecule has 3 nitrogen and oxygen atoms in total. The van der Waals surface area contributed by atoms with Crippen molar-refractivity contribution in [3.8, 4) is 0 Å². The van der Waals surface area contributed by atoms with E-state index in [4.69, 9.17) is 0 Å². The van der Waals surface area contributed by atoms with E-state index in [9.17, 15) is 23.1 Å². The summed E-state index contributed by atoms with van der Waals surface area (Å²) in [6.45, 7) is 3.97. The van der Waals surface area contributed by atoms with Crippen LogP contribution in [0.2, 0.25) is 0 Å². The Bertz CT molecular complexity index is 546. The highest BCUT2D eigenvalue weighted by molar-refractivity contribution is 5.87. The highest BCUT2D eigenvalue weighted by Crippen LogP contribution is 2.36. The van der Waals surface area contributed by atoms with E-state index in [0.717, 1.165) is 12.1 Å². The van der Waals surface area contributed by atoms with Crippen molar-refractivity contribution in [2.45, 2.75) is 24.6 Å². The molecule has 1 aliphatic rings. The summed E-state index contributed by atoms with van der Waals surface area (Å²) >= 11 is 0. The number of carbonyl (C=O) groups is 1. The van der Waals surface area contributed by atoms with Gasteiger partial charge in [-0.3, -0.25) is 4.79 Å². The van der Waals surface area contributed by atoms with E-state index in [1.807, 2.05) is 0 Å². The molecule has 1 fully saturated rings. The number of nitrogens with zero attached hydrogens (tertiary/aromatic N) is 1. The molecule has 21 heavy (non-hydrogen) atoms. The van der Waals surface area contributed by atoms with Gasteiger partial charge in [0.05, 0.1) is 11.2 Å². The fourth-order valence-electron chi connectivity index (χ4n) is 2.50. The van der Waals surface area contributed by atoms with E-state index >= 15 is 0 Å². The fourth-order valence-corrected chi connectivity index (χ4v) is 2.50. The summed E-state index contributed by atoms with van der Waals surface area (Å²) in [6, 6.07) is 4.73. The molecular weight excluding hydrogens is 283 g/mol. The molecule has 0 bridgehead atoms. The molecule has 1 heterocycles. The third-order valence-electron chi connectivity index (χ3n) is 3.80. The van der Waals surface area contributed by atoms with E-state index in [0.29, 0.717) is 0 Å². The second kappa shape index (κ2) is 5.52. The summed E-state index contributed by atoms with van der Waals surface area (Å²) in [5, 5.41) is 10.6. The molecule has 0 atom stereocenters. The van der Waals surface area contributed by atoms with Crippen LogP contribution in [0, 0.1) is 0 Å². The molecule has 0 spiro atoms. The number of benzene rings is 1. The predicted octanol–water partition coefficient (Wildman–Crippen LogP) is 2.70. The summed E-state index contributed by atoms with van der Waals surface area (Å²) in [7, 11) is 0. The predicted molar refractivity (Wildman–Crippen MR) is 71.4 cm³/mol. The first kappa shape index (κ1) is 15.6. The topological polar surface area (TPSA) is 40.5 Å². The highest BCUT2D eigenvalue weighted by atomic mass is 19.4. The Morgan fingerprint density at radius 3 is 2.48 bits per heavy atom. The monoisotopic (exact) mass is 299 g/mol. The smallest absolute Gasteiger partial charge is 0.385 e. The number of alkyl halides is 3. The number of rotatable bonds is 2. The number of piperidine rings is 1. The van der Waals surface area contributed by atoms with Crippen molar-refractivity contribution in [1.29, 1.82) is 0 Å². The van der Waals surface area contributed by atoms with Crippen molar-refractivity contribution < 1.29 is 23.1 Å². The third-order valence-corrected chi connectivity index (χ3v) is 3.80. The van der Waals surface area contributed by atoms with Crippen LogP contribution in [-0.4, -0.2) is 29.0 Å². The van der Waals surface area contributed by atoms with Crippen molar-refractivity contribution >= 4 is 5.91 Å². The van der Waals surface area contributed by atoms with Crippen LogP contribution in [0.1, 0.15) is 24.0 Å². The van der Waals surface area contributed by atoms with Crippen LogP contribution in [0.4, 0.5) is 13.2 Å². The zero-order valence-corrected chi connectivity index (χ0v) is 11.4. The van der Waals surface area contributed by atoms with Crippen LogP contribution in [0.25, 0.3) is 0 Å². The molecule has 1 aliphatic heterocycles. The molecule has 2 rings (SSSR count). The van der Waals surface area contributed by atoms with Gasteiger partial charge in [0.25, 0.3) is 0 Å².